The predicted octanol–water partition coefficient (Wildman–Crippen LogP) is 4.57. The summed E-state index contributed by atoms with van der Waals surface area (Å²) in [7, 11) is 0. The summed E-state index contributed by atoms with van der Waals surface area (Å²) in [5.41, 5.74) is 2.24. The third-order valence-corrected chi connectivity index (χ3v) is 5.50. The zero-order valence-electron chi connectivity index (χ0n) is 17.1. The van der Waals surface area contributed by atoms with Crippen molar-refractivity contribution < 1.29 is 18.4 Å². The number of rotatable bonds is 7. The summed E-state index contributed by atoms with van der Waals surface area (Å²) in [4.78, 5) is 13.5. The molecule has 1 aliphatic heterocycles. The minimum Gasteiger partial charge on any atom is -0.494 e. The van der Waals surface area contributed by atoms with Crippen molar-refractivity contribution >= 4 is 22.6 Å². The fourth-order valence-electron chi connectivity index (χ4n) is 3.97. The molecule has 0 bridgehead atoms. The molecule has 158 valence electrons. The average Bonchev–Trinajstić information content (AvgIpc) is 3.15. The first-order chi connectivity index (χ1) is 14.6. The van der Waals surface area contributed by atoms with Crippen molar-refractivity contribution in [1.82, 2.24) is 10.1 Å². The lowest BCUT2D eigenvalue weighted by molar-refractivity contribution is -0.114. The van der Waals surface area contributed by atoms with Crippen molar-refractivity contribution in [2.75, 3.05) is 31.6 Å². The molecule has 1 saturated heterocycles. The Balaban J connectivity index is 1.19. The topological polar surface area (TPSA) is 67.6 Å². The molecule has 1 aliphatic rings. The number of anilines is 1. The molecule has 0 saturated carbocycles. The Morgan fingerprint density at radius 2 is 2.00 bits per heavy atom. The van der Waals surface area contributed by atoms with Gasteiger partial charge in [0.2, 0.25) is 5.91 Å². The average molecular weight is 411 g/mol. The van der Waals surface area contributed by atoms with Gasteiger partial charge in [-0.1, -0.05) is 5.16 Å². The van der Waals surface area contributed by atoms with Gasteiger partial charge in [-0.3, -0.25) is 4.79 Å². The smallest absolute Gasteiger partial charge is 0.221 e. The Morgan fingerprint density at radius 1 is 1.23 bits per heavy atom. The standard InChI is InChI=1S/C23H26FN3O3/c1-16(28)25-19-4-6-20(7-5-19)29-14-2-11-27-12-9-17(10-13-27)23-21-8-3-18(24)15-22(21)30-26-23/h3-8,15,17H,2,9-14H2,1H3,(H,25,28). The molecule has 4 rings (SSSR count). The van der Waals surface area contributed by atoms with Gasteiger partial charge >= 0.3 is 0 Å². The molecule has 1 fully saturated rings. The highest BCUT2D eigenvalue weighted by molar-refractivity contribution is 5.88. The Morgan fingerprint density at radius 3 is 2.73 bits per heavy atom. The summed E-state index contributed by atoms with van der Waals surface area (Å²) < 4.78 is 24.5. The zero-order chi connectivity index (χ0) is 20.9. The van der Waals surface area contributed by atoms with E-state index in [-0.39, 0.29) is 11.7 Å². The van der Waals surface area contributed by atoms with Gasteiger partial charge in [-0.2, -0.15) is 0 Å². The number of fused-ring (bicyclic) bond motifs is 1. The summed E-state index contributed by atoms with van der Waals surface area (Å²) >= 11 is 0. The molecule has 0 unspecified atom stereocenters. The number of carbonyl (C=O) groups excluding carboxylic acids is 1. The zero-order valence-corrected chi connectivity index (χ0v) is 17.1. The number of amides is 1. The van der Waals surface area contributed by atoms with E-state index in [9.17, 15) is 9.18 Å². The fraction of sp³-hybridized carbons (Fsp3) is 0.391. The van der Waals surface area contributed by atoms with E-state index in [0.717, 1.165) is 61.4 Å². The highest BCUT2D eigenvalue weighted by Gasteiger charge is 2.24. The fourth-order valence-corrected chi connectivity index (χ4v) is 3.97. The second-order valence-electron chi connectivity index (χ2n) is 7.73. The molecule has 30 heavy (non-hydrogen) atoms. The quantitative estimate of drug-likeness (QED) is 0.577. The van der Waals surface area contributed by atoms with Crippen LogP contribution < -0.4 is 10.1 Å². The van der Waals surface area contributed by atoms with E-state index in [1.807, 2.05) is 24.3 Å². The van der Waals surface area contributed by atoms with Gasteiger partial charge in [0.15, 0.2) is 5.58 Å². The van der Waals surface area contributed by atoms with Crippen LogP contribution in [0.15, 0.2) is 47.0 Å². The molecule has 0 radical (unpaired) electrons. The summed E-state index contributed by atoms with van der Waals surface area (Å²) in [5, 5.41) is 7.88. The number of nitrogens with zero attached hydrogens (tertiary/aromatic N) is 2. The third kappa shape index (κ3) is 4.97. The first-order valence-electron chi connectivity index (χ1n) is 10.4. The molecule has 2 aromatic carbocycles. The minimum absolute atomic E-state index is 0.0851. The molecular weight excluding hydrogens is 385 g/mol. The van der Waals surface area contributed by atoms with Gasteiger partial charge in [-0.05, 0) is 68.8 Å². The van der Waals surface area contributed by atoms with Crippen LogP contribution in [-0.2, 0) is 4.79 Å². The Kier molecular flexibility index (Phi) is 6.28. The number of hydrogen-bond acceptors (Lipinski definition) is 5. The molecule has 6 nitrogen and oxygen atoms in total. The van der Waals surface area contributed by atoms with Crippen LogP contribution in [0.1, 0.15) is 37.8 Å². The van der Waals surface area contributed by atoms with E-state index < -0.39 is 0 Å². The van der Waals surface area contributed by atoms with E-state index in [1.165, 1.54) is 19.1 Å². The first-order valence-corrected chi connectivity index (χ1v) is 10.4. The van der Waals surface area contributed by atoms with Crippen molar-refractivity contribution in [1.29, 1.82) is 0 Å². The first kappa shape index (κ1) is 20.3. The van der Waals surface area contributed by atoms with Gasteiger partial charge < -0.3 is 19.5 Å². The van der Waals surface area contributed by atoms with Gasteiger partial charge in [0.1, 0.15) is 11.6 Å². The van der Waals surface area contributed by atoms with Crippen molar-refractivity contribution in [3.8, 4) is 5.75 Å². The van der Waals surface area contributed by atoms with Crippen LogP contribution >= 0.6 is 0 Å². The number of carbonyl (C=O) groups is 1. The van der Waals surface area contributed by atoms with Crippen LogP contribution in [0.3, 0.4) is 0 Å². The highest BCUT2D eigenvalue weighted by Crippen LogP contribution is 2.32. The van der Waals surface area contributed by atoms with E-state index in [4.69, 9.17) is 9.26 Å². The summed E-state index contributed by atoms with van der Waals surface area (Å²) in [6, 6.07) is 12.0. The molecule has 1 aromatic heterocycles. The van der Waals surface area contributed by atoms with Gasteiger partial charge in [-0.25, -0.2) is 4.39 Å². The van der Waals surface area contributed by atoms with Crippen molar-refractivity contribution in [3.05, 3.63) is 54.0 Å². The lowest BCUT2D eigenvalue weighted by Crippen LogP contribution is -2.34. The lowest BCUT2D eigenvalue weighted by Gasteiger charge is -2.31. The maximum atomic E-state index is 13.3. The van der Waals surface area contributed by atoms with Crippen LogP contribution in [0.5, 0.6) is 5.75 Å². The largest absolute Gasteiger partial charge is 0.494 e. The van der Waals surface area contributed by atoms with E-state index in [0.29, 0.717) is 18.1 Å². The Labute approximate surface area is 175 Å². The van der Waals surface area contributed by atoms with Crippen molar-refractivity contribution in [2.45, 2.75) is 32.1 Å². The second-order valence-corrected chi connectivity index (χ2v) is 7.73. The number of benzene rings is 2. The van der Waals surface area contributed by atoms with E-state index in [1.54, 1.807) is 6.07 Å². The van der Waals surface area contributed by atoms with Gasteiger partial charge in [0.05, 0.1) is 12.3 Å². The molecule has 1 amide bonds. The van der Waals surface area contributed by atoms with Crippen LogP contribution in [0.4, 0.5) is 10.1 Å². The lowest BCUT2D eigenvalue weighted by atomic mass is 9.91. The molecule has 3 aromatic rings. The summed E-state index contributed by atoms with van der Waals surface area (Å²) in [6.07, 6.45) is 2.99. The summed E-state index contributed by atoms with van der Waals surface area (Å²) in [5.74, 6) is 0.771. The predicted molar refractivity (Wildman–Crippen MR) is 113 cm³/mol. The molecule has 0 spiro atoms. The Bertz CT molecular complexity index is 995. The molecule has 7 heteroatoms. The number of aromatic nitrogens is 1. The normalized spacial score (nSPS) is 15.4. The van der Waals surface area contributed by atoms with Gasteiger partial charge in [-0.15, -0.1) is 0 Å². The number of halogens is 1. The maximum Gasteiger partial charge on any atom is 0.221 e. The molecular formula is C23H26FN3O3. The number of ether oxygens (including phenoxy) is 1. The number of nitrogens with one attached hydrogen (secondary N) is 1. The molecule has 2 heterocycles. The van der Waals surface area contributed by atoms with Crippen molar-refractivity contribution in [2.24, 2.45) is 0 Å². The van der Waals surface area contributed by atoms with Crippen LogP contribution in [0, 0.1) is 5.82 Å². The number of hydrogen-bond donors (Lipinski definition) is 1. The minimum atomic E-state index is -0.300. The number of piperidine rings is 1. The maximum absolute atomic E-state index is 13.3. The van der Waals surface area contributed by atoms with Crippen molar-refractivity contribution in [3.63, 3.8) is 0 Å². The van der Waals surface area contributed by atoms with Gasteiger partial charge in [0.25, 0.3) is 0 Å². The monoisotopic (exact) mass is 411 g/mol. The van der Waals surface area contributed by atoms with Gasteiger partial charge in [0, 0.05) is 36.5 Å². The molecule has 0 atom stereocenters. The number of likely N-dealkylation sites (tertiary alicyclic amines) is 1. The van der Waals surface area contributed by atoms with Crippen LogP contribution in [0.2, 0.25) is 0 Å². The molecule has 1 N–H and O–H groups in total. The van der Waals surface area contributed by atoms with E-state index in [2.05, 4.69) is 15.4 Å². The third-order valence-electron chi connectivity index (χ3n) is 5.50. The van der Waals surface area contributed by atoms with Crippen LogP contribution in [-0.4, -0.2) is 42.2 Å². The highest BCUT2D eigenvalue weighted by atomic mass is 19.1. The molecule has 0 aliphatic carbocycles. The SMILES string of the molecule is CC(=O)Nc1ccc(OCCCN2CCC(c3noc4cc(F)ccc34)CC2)cc1. The second kappa shape index (κ2) is 9.26. The Hall–Kier alpha value is -2.93. The van der Waals surface area contributed by atoms with Crippen LogP contribution in [0.25, 0.3) is 11.0 Å². The summed E-state index contributed by atoms with van der Waals surface area (Å²) in [6.45, 7) is 5.14. The van der Waals surface area contributed by atoms with E-state index >= 15 is 0 Å².